The highest BCUT2D eigenvalue weighted by molar-refractivity contribution is 8.18. The normalized spacial score (nSPS) is 15.7. The van der Waals surface area contributed by atoms with Crippen LogP contribution in [-0.2, 0) is 9.59 Å². The molecule has 0 unspecified atom stereocenters. The van der Waals surface area contributed by atoms with Crippen LogP contribution in [0.5, 0.6) is 0 Å². The molecule has 0 radical (unpaired) electrons. The van der Waals surface area contributed by atoms with E-state index in [-0.39, 0.29) is 17.3 Å². The van der Waals surface area contributed by atoms with E-state index in [2.05, 4.69) is 5.32 Å². The first kappa shape index (κ1) is 16.9. The van der Waals surface area contributed by atoms with Crippen LogP contribution in [0.3, 0.4) is 0 Å². The van der Waals surface area contributed by atoms with E-state index in [0.717, 1.165) is 16.7 Å². The number of hydrogen-bond donors (Lipinski definition) is 1. The molecule has 3 rings (SSSR count). The van der Waals surface area contributed by atoms with E-state index in [0.29, 0.717) is 11.3 Å². The highest BCUT2D eigenvalue weighted by Gasteiger charge is 2.36. The second kappa shape index (κ2) is 7.31. The summed E-state index contributed by atoms with van der Waals surface area (Å²) in [5, 5.41) is 2.11. The molecule has 25 heavy (non-hydrogen) atoms. The SMILES string of the molecule is O=C(CN1C(=O)S/C(=C\c2ccc(F)cc2)C1=O)Nc1ccccc1. The number of para-hydroxylation sites is 1. The second-order valence-corrected chi connectivity index (χ2v) is 6.23. The number of benzene rings is 2. The number of thioether (sulfide) groups is 1. The van der Waals surface area contributed by atoms with Crippen molar-refractivity contribution in [1.82, 2.24) is 4.90 Å². The molecule has 2 aromatic rings. The second-order valence-electron chi connectivity index (χ2n) is 5.23. The third-order valence-electron chi connectivity index (χ3n) is 3.40. The molecule has 1 fully saturated rings. The summed E-state index contributed by atoms with van der Waals surface area (Å²) >= 11 is 0.754. The summed E-state index contributed by atoms with van der Waals surface area (Å²) in [6.07, 6.45) is 1.50. The van der Waals surface area contributed by atoms with Gasteiger partial charge in [0, 0.05) is 5.69 Å². The van der Waals surface area contributed by atoms with Crippen molar-refractivity contribution in [3.05, 3.63) is 70.9 Å². The number of halogens is 1. The summed E-state index contributed by atoms with van der Waals surface area (Å²) in [6.45, 7) is -0.361. The molecule has 1 N–H and O–H groups in total. The van der Waals surface area contributed by atoms with Gasteiger partial charge in [-0.05, 0) is 47.7 Å². The molecule has 0 aromatic heterocycles. The third kappa shape index (κ3) is 4.13. The van der Waals surface area contributed by atoms with E-state index < -0.39 is 17.1 Å². The van der Waals surface area contributed by atoms with E-state index in [4.69, 9.17) is 0 Å². The van der Waals surface area contributed by atoms with Gasteiger partial charge in [0.15, 0.2) is 0 Å². The molecule has 7 heteroatoms. The highest BCUT2D eigenvalue weighted by atomic mass is 32.2. The van der Waals surface area contributed by atoms with Crippen molar-refractivity contribution in [1.29, 1.82) is 0 Å². The predicted octanol–water partition coefficient (Wildman–Crippen LogP) is 3.50. The fourth-order valence-electron chi connectivity index (χ4n) is 2.21. The van der Waals surface area contributed by atoms with Crippen LogP contribution in [0.25, 0.3) is 6.08 Å². The maximum Gasteiger partial charge on any atom is 0.294 e. The molecule has 3 amide bonds. The van der Waals surface area contributed by atoms with Crippen molar-refractivity contribution < 1.29 is 18.8 Å². The van der Waals surface area contributed by atoms with Crippen LogP contribution in [0.2, 0.25) is 0 Å². The van der Waals surface area contributed by atoms with Gasteiger partial charge in [0.2, 0.25) is 5.91 Å². The van der Waals surface area contributed by atoms with Gasteiger partial charge in [-0.2, -0.15) is 0 Å². The van der Waals surface area contributed by atoms with Gasteiger partial charge < -0.3 is 5.32 Å². The summed E-state index contributed by atoms with van der Waals surface area (Å²) in [5.41, 5.74) is 1.18. The smallest absolute Gasteiger partial charge is 0.294 e. The first-order valence-electron chi connectivity index (χ1n) is 7.39. The molecule has 0 aliphatic carbocycles. The van der Waals surface area contributed by atoms with Crippen molar-refractivity contribution in [3.63, 3.8) is 0 Å². The first-order valence-corrected chi connectivity index (χ1v) is 8.20. The molecule has 126 valence electrons. The van der Waals surface area contributed by atoms with E-state index >= 15 is 0 Å². The third-order valence-corrected chi connectivity index (χ3v) is 4.31. The van der Waals surface area contributed by atoms with Gasteiger partial charge in [-0.1, -0.05) is 30.3 Å². The van der Waals surface area contributed by atoms with Gasteiger partial charge in [0.05, 0.1) is 4.91 Å². The van der Waals surface area contributed by atoms with Gasteiger partial charge >= 0.3 is 0 Å². The Balaban J connectivity index is 1.69. The number of rotatable bonds is 4. The van der Waals surface area contributed by atoms with Crippen LogP contribution in [0.1, 0.15) is 5.56 Å². The summed E-state index contributed by atoms with van der Waals surface area (Å²) in [5.74, 6) is -1.39. The van der Waals surface area contributed by atoms with Gasteiger partial charge in [-0.3, -0.25) is 19.3 Å². The monoisotopic (exact) mass is 356 g/mol. The van der Waals surface area contributed by atoms with E-state index in [1.807, 2.05) is 6.07 Å². The van der Waals surface area contributed by atoms with Gasteiger partial charge in [0.1, 0.15) is 12.4 Å². The predicted molar refractivity (Wildman–Crippen MR) is 94.1 cm³/mol. The molecule has 1 heterocycles. The summed E-state index contributed by atoms with van der Waals surface area (Å²) < 4.78 is 12.9. The average Bonchev–Trinajstić information content (AvgIpc) is 2.85. The highest BCUT2D eigenvalue weighted by Crippen LogP contribution is 2.32. The van der Waals surface area contributed by atoms with Crippen LogP contribution in [0.15, 0.2) is 59.5 Å². The standard InChI is InChI=1S/C18H13FN2O3S/c19-13-8-6-12(7-9-13)10-15-17(23)21(18(24)25-15)11-16(22)20-14-4-2-1-3-5-14/h1-10H,11H2,(H,20,22)/b15-10-. The Morgan fingerprint density at radius 3 is 2.44 bits per heavy atom. The average molecular weight is 356 g/mol. The number of imide groups is 1. The fraction of sp³-hybridized carbons (Fsp3) is 0.0556. The zero-order valence-corrected chi connectivity index (χ0v) is 13.8. The summed E-state index contributed by atoms with van der Waals surface area (Å²) in [4.78, 5) is 37.5. The number of nitrogens with one attached hydrogen (secondary N) is 1. The zero-order chi connectivity index (χ0) is 17.8. The molecule has 1 saturated heterocycles. The number of nitrogens with zero attached hydrogens (tertiary/aromatic N) is 1. The molecular formula is C18H13FN2O3S. The van der Waals surface area contributed by atoms with Crippen molar-refractivity contribution >= 4 is 40.6 Å². The van der Waals surface area contributed by atoms with E-state index in [1.165, 1.54) is 30.3 Å². The minimum Gasteiger partial charge on any atom is -0.325 e. The number of amides is 3. The molecule has 1 aliphatic heterocycles. The Kier molecular flexibility index (Phi) is 4.95. The largest absolute Gasteiger partial charge is 0.325 e. The minimum atomic E-state index is -0.539. The first-order chi connectivity index (χ1) is 12.0. The molecule has 0 atom stereocenters. The topological polar surface area (TPSA) is 66.5 Å². The maximum atomic E-state index is 12.9. The molecule has 0 spiro atoms. The van der Waals surface area contributed by atoms with Crippen molar-refractivity contribution in [2.45, 2.75) is 0 Å². The fourth-order valence-corrected chi connectivity index (χ4v) is 3.05. The number of carbonyl (C=O) groups is 3. The van der Waals surface area contributed by atoms with E-state index in [9.17, 15) is 18.8 Å². The molecule has 2 aromatic carbocycles. The molecule has 5 nitrogen and oxygen atoms in total. The molecule has 1 aliphatic rings. The lowest BCUT2D eigenvalue weighted by atomic mass is 10.2. The Hall–Kier alpha value is -2.93. The van der Waals surface area contributed by atoms with Crippen molar-refractivity contribution in [3.8, 4) is 0 Å². The van der Waals surface area contributed by atoms with E-state index in [1.54, 1.807) is 24.3 Å². The van der Waals surface area contributed by atoms with Gasteiger partial charge in [-0.25, -0.2) is 4.39 Å². The molecule has 0 saturated carbocycles. The number of hydrogen-bond acceptors (Lipinski definition) is 4. The summed E-state index contributed by atoms with van der Waals surface area (Å²) in [7, 11) is 0. The Morgan fingerprint density at radius 1 is 1.08 bits per heavy atom. The maximum absolute atomic E-state index is 12.9. The van der Waals surface area contributed by atoms with Crippen LogP contribution >= 0.6 is 11.8 Å². The lowest BCUT2D eigenvalue weighted by Gasteiger charge is -2.12. The zero-order valence-electron chi connectivity index (χ0n) is 12.9. The van der Waals surface area contributed by atoms with Crippen LogP contribution in [0.4, 0.5) is 14.9 Å². The summed E-state index contributed by atoms with van der Waals surface area (Å²) in [6, 6.07) is 14.3. The van der Waals surface area contributed by atoms with Crippen LogP contribution in [-0.4, -0.2) is 28.5 Å². The van der Waals surface area contributed by atoms with Gasteiger partial charge in [-0.15, -0.1) is 0 Å². The van der Waals surface area contributed by atoms with Crippen LogP contribution in [0, 0.1) is 5.82 Å². The minimum absolute atomic E-state index is 0.198. The number of carbonyl (C=O) groups excluding carboxylic acids is 3. The molecular weight excluding hydrogens is 343 g/mol. The van der Waals surface area contributed by atoms with Gasteiger partial charge in [0.25, 0.3) is 11.1 Å². The van der Waals surface area contributed by atoms with Crippen molar-refractivity contribution in [2.24, 2.45) is 0 Å². The Labute approximate surface area is 147 Å². The Bertz CT molecular complexity index is 850. The number of anilines is 1. The molecule has 0 bridgehead atoms. The van der Waals surface area contributed by atoms with Crippen LogP contribution < -0.4 is 5.32 Å². The lowest BCUT2D eigenvalue weighted by molar-refractivity contribution is -0.127. The van der Waals surface area contributed by atoms with Crippen molar-refractivity contribution in [2.75, 3.05) is 11.9 Å². The quantitative estimate of drug-likeness (QED) is 0.852. The lowest BCUT2D eigenvalue weighted by Crippen LogP contribution is -2.36. The Morgan fingerprint density at radius 2 is 1.76 bits per heavy atom.